The van der Waals surface area contributed by atoms with Crippen LogP contribution in [-0.2, 0) is 9.53 Å². The van der Waals surface area contributed by atoms with Crippen LogP contribution in [0.2, 0.25) is 0 Å². The van der Waals surface area contributed by atoms with Gasteiger partial charge in [0.1, 0.15) is 11.5 Å². The zero-order chi connectivity index (χ0) is 16.2. The monoisotopic (exact) mass is 309 g/mol. The van der Waals surface area contributed by atoms with Crippen molar-refractivity contribution in [2.75, 3.05) is 14.2 Å². The maximum atomic E-state index is 12.0. The van der Waals surface area contributed by atoms with E-state index in [9.17, 15) is 4.79 Å². The van der Waals surface area contributed by atoms with Crippen LogP contribution in [0.5, 0.6) is 11.5 Å². The van der Waals surface area contributed by atoms with Crippen LogP contribution in [0.25, 0.3) is 6.08 Å². The van der Waals surface area contributed by atoms with Gasteiger partial charge in [0, 0.05) is 11.1 Å². The minimum absolute atomic E-state index is 0.229. The summed E-state index contributed by atoms with van der Waals surface area (Å²) in [5.41, 5.74) is 1.67. The standard InChI is InChI=1S/C18H15NO4/c1-21-14-8-5-7-13(10-14)17-19-15(18(20)23-17)11-12-6-3-4-9-16(12)22-2/h3-11H,1-2H3. The molecule has 0 fully saturated rings. The highest BCUT2D eigenvalue weighted by Gasteiger charge is 2.24. The number of benzene rings is 2. The Kier molecular flexibility index (Phi) is 4.10. The van der Waals surface area contributed by atoms with Crippen LogP contribution >= 0.6 is 0 Å². The zero-order valence-electron chi connectivity index (χ0n) is 12.8. The molecule has 0 spiro atoms. The SMILES string of the molecule is COc1cccc(C2=NC(=Cc3ccccc3OC)C(=O)O2)c1. The second kappa shape index (κ2) is 6.36. The van der Waals surface area contributed by atoms with E-state index in [0.717, 1.165) is 5.56 Å². The number of hydrogen-bond donors (Lipinski definition) is 0. The molecule has 1 aliphatic rings. The lowest BCUT2D eigenvalue weighted by Crippen LogP contribution is -2.05. The molecule has 1 heterocycles. The van der Waals surface area contributed by atoms with Crippen molar-refractivity contribution in [1.82, 2.24) is 0 Å². The van der Waals surface area contributed by atoms with Gasteiger partial charge in [0.25, 0.3) is 0 Å². The third kappa shape index (κ3) is 3.08. The van der Waals surface area contributed by atoms with Crippen LogP contribution in [0.4, 0.5) is 0 Å². The Morgan fingerprint density at radius 3 is 2.65 bits per heavy atom. The van der Waals surface area contributed by atoms with Gasteiger partial charge < -0.3 is 14.2 Å². The second-order valence-electron chi connectivity index (χ2n) is 4.81. The predicted octanol–water partition coefficient (Wildman–Crippen LogP) is 3.05. The minimum atomic E-state index is -0.492. The highest BCUT2D eigenvalue weighted by Crippen LogP contribution is 2.25. The molecule has 0 aliphatic carbocycles. The summed E-state index contributed by atoms with van der Waals surface area (Å²) in [4.78, 5) is 16.3. The molecule has 23 heavy (non-hydrogen) atoms. The molecule has 1 aliphatic heterocycles. The lowest BCUT2D eigenvalue weighted by atomic mass is 10.1. The number of methoxy groups -OCH3 is 2. The summed E-state index contributed by atoms with van der Waals surface area (Å²) in [5.74, 6) is 1.10. The second-order valence-corrected chi connectivity index (χ2v) is 4.81. The van der Waals surface area contributed by atoms with Crippen molar-refractivity contribution >= 4 is 17.9 Å². The molecule has 0 atom stereocenters. The first-order chi connectivity index (χ1) is 11.2. The number of esters is 1. The normalized spacial score (nSPS) is 15.3. The summed E-state index contributed by atoms with van der Waals surface area (Å²) in [7, 11) is 3.16. The van der Waals surface area contributed by atoms with E-state index >= 15 is 0 Å². The summed E-state index contributed by atoms with van der Waals surface area (Å²) >= 11 is 0. The van der Waals surface area contributed by atoms with Crippen LogP contribution in [0.15, 0.2) is 59.2 Å². The summed E-state index contributed by atoms with van der Waals surface area (Å²) < 4.78 is 15.7. The summed E-state index contributed by atoms with van der Waals surface area (Å²) in [6.07, 6.45) is 1.65. The molecular formula is C18H15NO4. The van der Waals surface area contributed by atoms with E-state index in [0.29, 0.717) is 17.1 Å². The van der Waals surface area contributed by atoms with Gasteiger partial charge >= 0.3 is 5.97 Å². The van der Waals surface area contributed by atoms with Crippen molar-refractivity contribution in [3.8, 4) is 11.5 Å². The number of ether oxygens (including phenoxy) is 3. The molecule has 0 unspecified atom stereocenters. The average molecular weight is 309 g/mol. The maximum Gasteiger partial charge on any atom is 0.363 e. The van der Waals surface area contributed by atoms with E-state index in [1.807, 2.05) is 36.4 Å². The number of hydrogen-bond acceptors (Lipinski definition) is 5. The first-order valence-electron chi connectivity index (χ1n) is 7.01. The van der Waals surface area contributed by atoms with Gasteiger partial charge in [-0.15, -0.1) is 0 Å². The third-order valence-corrected chi connectivity index (χ3v) is 3.37. The number of rotatable bonds is 4. The molecule has 0 bridgehead atoms. The van der Waals surface area contributed by atoms with Gasteiger partial charge in [0.2, 0.25) is 5.90 Å². The molecule has 5 nitrogen and oxygen atoms in total. The van der Waals surface area contributed by atoms with Crippen molar-refractivity contribution < 1.29 is 19.0 Å². The van der Waals surface area contributed by atoms with Crippen molar-refractivity contribution in [2.24, 2.45) is 4.99 Å². The lowest BCUT2D eigenvalue weighted by molar-refractivity contribution is -0.129. The first-order valence-corrected chi connectivity index (χ1v) is 7.01. The fraction of sp³-hybridized carbons (Fsp3) is 0.111. The number of cyclic esters (lactones) is 1. The number of nitrogens with zero attached hydrogens (tertiary/aromatic N) is 1. The van der Waals surface area contributed by atoms with Crippen molar-refractivity contribution in [3.05, 3.63) is 65.4 Å². The van der Waals surface area contributed by atoms with E-state index in [1.165, 1.54) is 0 Å². The van der Waals surface area contributed by atoms with Gasteiger partial charge in [-0.1, -0.05) is 24.3 Å². The summed E-state index contributed by atoms with van der Waals surface area (Å²) in [5, 5.41) is 0. The van der Waals surface area contributed by atoms with E-state index in [4.69, 9.17) is 14.2 Å². The molecule has 0 radical (unpaired) electrons. The molecule has 2 aromatic carbocycles. The summed E-state index contributed by atoms with van der Waals surface area (Å²) in [6.45, 7) is 0. The largest absolute Gasteiger partial charge is 0.497 e. The number of carbonyl (C=O) groups excluding carboxylic acids is 1. The van der Waals surface area contributed by atoms with Crippen LogP contribution in [0.1, 0.15) is 11.1 Å². The Morgan fingerprint density at radius 2 is 1.87 bits per heavy atom. The van der Waals surface area contributed by atoms with Gasteiger partial charge in [-0.3, -0.25) is 0 Å². The van der Waals surface area contributed by atoms with Crippen LogP contribution < -0.4 is 9.47 Å². The van der Waals surface area contributed by atoms with E-state index in [1.54, 1.807) is 32.4 Å². The van der Waals surface area contributed by atoms with Crippen molar-refractivity contribution in [1.29, 1.82) is 0 Å². The topological polar surface area (TPSA) is 57.1 Å². The van der Waals surface area contributed by atoms with Crippen molar-refractivity contribution in [3.63, 3.8) is 0 Å². The van der Waals surface area contributed by atoms with E-state index in [-0.39, 0.29) is 11.6 Å². The molecule has 2 aromatic rings. The Bertz CT molecular complexity index is 808. The highest BCUT2D eigenvalue weighted by molar-refractivity contribution is 6.13. The molecule has 3 rings (SSSR count). The Labute approximate surface area is 133 Å². The lowest BCUT2D eigenvalue weighted by Gasteiger charge is -2.03. The summed E-state index contributed by atoms with van der Waals surface area (Å²) in [6, 6.07) is 14.6. The van der Waals surface area contributed by atoms with Gasteiger partial charge in [-0.05, 0) is 30.3 Å². The number of carbonyl (C=O) groups is 1. The van der Waals surface area contributed by atoms with Gasteiger partial charge in [0.15, 0.2) is 5.70 Å². The molecule has 5 heteroatoms. The smallest absolute Gasteiger partial charge is 0.363 e. The van der Waals surface area contributed by atoms with Crippen LogP contribution in [-0.4, -0.2) is 26.1 Å². The number of aliphatic imine (C=N–C) groups is 1. The third-order valence-electron chi connectivity index (χ3n) is 3.37. The molecule has 0 N–H and O–H groups in total. The average Bonchev–Trinajstić information content (AvgIpc) is 2.96. The Balaban J connectivity index is 1.96. The zero-order valence-corrected chi connectivity index (χ0v) is 12.8. The maximum absolute atomic E-state index is 12.0. The first kappa shape index (κ1) is 14.8. The van der Waals surface area contributed by atoms with Gasteiger partial charge in [-0.2, -0.15) is 0 Å². The van der Waals surface area contributed by atoms with E-state index in [2.05, 4.69) is 4.99 Å². The number of para-hydroxylation sites is 1. The Morgan fingerprint density at radius 1 is 1.04 bits per heavy atom. The molecule has 0 saturated heterocycles. The molecule has 116 valence electrons. The van der Waals surface area contributed by atoms with Crippen LogP contribution in [0, 0.1) is 0 Å². The van der Waals surface area contributed by atoms with Crippen LogP contribution in [0.3, 0.4) is 0 Å². The minimum Gasteiger partial charge on any atom is -0.497 e. The quantitative estimate of drug-likeness (QED) is 0.643. The fourth-order valence-corrected chi connectivity index (χ4v) is 2.22. The predicted molar refractivity (Wildman–Crippen MR) is 86.6 cm³/mol. The molecule has 0 aromatic heterocycles. The van der Waals surface area contributed by atoms with E-state index < -0.39 is 5.97 Å². The van der Waals surface area contributed by atoms with Gasteiger partial charge in [-0.25, -0.2) is 9.79 Å². The van der Waals surface area contributed by atoms with Gasteiger partial charge in [0.05, 0.1) is 14.2 Å². The Hall–Kier alpha value is -3.08. The van der Waals surface area contributed by atoms with Crippen molar-refractivity contribution in [2.45, 2.75) is 0 Å². The highest BCUT2D eigenvalue weighted by atomic mass is 16.6. The molecule has 0 amide bonds. The molecular weight excluding hydrogens is 294 g/mol. The fourth-order valence-electron chi connectivity index (χ4n) is 2.22. The molecule has 0 saturated carbocycles.